The maximum atomic E-state index is 5.57. The molecule has 1 aliphatic rings. The summed E-state index contributed by atoms with van der Waals surface area (Å²) in [5.41, 5.74) is 0.00184. The smallest absolute Gasteiger partial charge is 0.0623 e. The average molecular weight is 306 g/mol. The van der Waals surface area contributed by atoms with Gasteiger partial charge < -0.3 is 10.1 Å². The summed E-state index contributed by atoms with van der Waals surface area (Å²) in [5, 5.41) is 5.30. The lowest BCUT2D eigenvalue weighted by Crippen LogP contribution is -2.46. The van der Waals surface area contributed by atoms with Crippen molar-refractivity contribution in [2.24, 2.45) is 0 Å². The number of ether oxygens (including phenoxy) is 1. The summed E-state index contributed by atoms with van der Waals surface area (Å²) >= 11 is 4.35. The molecule has 0 aromatic rings. The summed E-state index contributed by atoms with van der Waals surface area (Å²) in [6.45, 7) is 10.00. The second kappa shape index (κ2) is 8.81. The molecule has 0 radical (unpaired) electrons. The van der Waals surface area contributed by atoms with E-state index in [1.165, 1.54) is 24.3 Å². The largest absolute Gasteiger partial charge is 0.379 e. The molecule has 1 fully saturated rings. The highest BCUT2D eigenvalue weighted by molar-refractivity contribution is 8.07. The van der Waals surface area contributed by atoms with Crippen molar-refractivity contribution < 1.29 is 4.74 Å². The van der Waals surface area contributed by atoms with Crippen molar-refractivity contribution in [2.75, 3.05) is 25.2 Å². The summed E-state index contributed by atoms with van der Waals surface area (Å²) in [7, 11) is 1.82. The Bertz CT molecular complexity index is 248. The molecule has 114 valence electrons. The third kappa shape index (κ3) is 5.86. The molecule has 2 nitrogen and oxygen atoms in total. The predicted molar refractivity (Wildman–Crippen MR) is 90.6 cm³/mol. The highest BCUT2D eigenvalue weighted by atomic mass is 32.2. The van der Waals surface area contributed by atoms with E-state index in [1.54, 1.807) is 0 Å². The fraction of sp³-hybridized carbons (Fsp3) is 1.00. The van der Waals surface area contributed by atoms with Gasteiger partial charge in [0.1, 0.15) is 0 Å². The van der Waals surface area contributed by atoms with Crippen LogP contribution in [0.2, 0.25) is 0 Å². The highest BCUT2D eigenvalue weighted by Gasteiger charge is 2.32. The molecule has 0 aromatic carbocycles. The fourth-order valence-electron chi connectivity index (χ4n) is 2.56. The molecule has 1 saturated heterocycles. The zero-order valence-electron chi connectivity index (χ0n) is 13.2. The molecule has 1 rings (SSSR count). The molecule has 1 aliphatic heterocycles. The van der Waals surface area contributed by atoms with E-state index >= 15 is 0 Å². The van der Waals surface area contributed by atoms with E-state index in [0.717, 1.165) is 23.5 Å². The van der Waals surface area contributed by atoms with Crippen LogP contribution in [-0.2, 0) is 4.74 Å². The number of thioether (sulfide) groups is 2. The maximum Gasteiger partial charge on any atom is 0.0623 e. The molecule has 4 heteroatoms. The first-order valence-corrected chi connectivity index (χ1v) is 9.65. The standard InChI is InChI=1S/C15H31NOS2/c1-6-13-14(19-11-10-18-13)12(16-7-2)8-9-15(3,4)17-5/h12-14,16H,6-11H2,1-5H3. The molecular formula is C15H31NOS2. The lowest BCUT2D eigenvalue weighted by molar-refractivity contribution is 0.0117. The van der Waals surface area contributed by atoms with E-state index in [0.29, 0.717) is 6.04 Å². The van der Waals surface area contributed by atoms with Gasteiger partial charge in [-0.3, -0.25) is 0 Å². The molecule has 3 atom stereocenters. The van der Waals surface area contributed by atoms with Crippen LogP contribution in [0.25, 0.3) is 0 Å². The van der Waals surface area contributed by atoms with Crippen LogP contribution in [0.3, 0.4) is 0 Å². The molecule has 0 amide bonds. The second-order valence-corrected chi connectivity index (χ2v) is 8.45. The third-order valence-corrected chi connectivity index (χ3v) is 7.37. The van der Waals surface area contributed by atoms with E-state index in [1.807, 2.05) is 7.11 Å². The van der Waals surface area contributed by atoms with Gasteiger partial charge in [-0.25, -0.2) is 0 Å². The average Bonchev–Trinajstić information content (AvgIpc) is 2.43. The monoisotopic (exact) mass is 305 g/mol. The van der Waals surface area contributed by atoms with E-state index in [4.69, 9.17) is 4.74 Å². The van der Waals surface area contributed by atoms with Crippen LogP contribution in [0.4, 0.5) is 0 Å². The Labute approximate surface area is 128 Å². The zero-order valence-corrected chi connectivity index (χ0v) is 14.8. The minimum absolute atomic E-state index is 0.00184. The molecule has 0 aliphatic carbocycles. The van der Waals surface area contributed by atoms with E-state index < -0.39 is 0 Å². The molecule has 0 spiro atoms. The molecule has 0 bridgehead atoms. The van der Waals surface area contributed by atoms with E-state index in [9.17, 15) is 0 Å². The summed E-state index contributed by atoms with van der Waals surface area (Å²) in [6.07, 6.45) is 3.63. The van der Waals surface area contributed by atoms with Crippen molar-refractivity contribution in [3.8, 4) is 0 Å². The SMILES string of the molecule is CCNC(CCC(C)(C)OC)C1SCCSC1CC. The van der Waals surface area contributed by atoms with Gasteiger partial charge in [0.25, 0.3) is 0 Å². The minimum Gasteiger partial charge on any atom is -0.379 e. The lowest BCUT2D eigenvalue weighted by atomic mass is 9.95. The van der Waals surface area contributed by atoms with Gasteiger partial charge in [0.2, 0.25) is 0 Å². The van der Waals surface area contributed by atoms with Crippen LogP contribution in [0.5, 0.6) is 0 Å². The third-order valence-electron chi connectivity index (χ3n) is 3.97. The van der Waals surface area contributed by atoms with Crippen molar-refractivity contribution in [1.29, 1.82) is 0 Å². The molecule has 1 heterocycles. The zero-order chi connectivity index (χ0) is 14.3. The van der Waals surface area contributed by atoms with Gasteiger partial charge in [-0.1, -0.05) is 13.8 Å². The normalized spacial score (nSPS) is 26.4. The van der Waals surface area contributed by atoms with Gasteiger partial charge in [-0.05, 0) is 39.7 Å². The fourth-order valence-corrected chi connectivity index (χ4v) is 5.86. The van der Waals surface area contributed by atoms with Crippen LogP contribution in [0.15, 0.2) is 0 Å². The van der Waals surface area contributed by atoms with Gasteiger partial charge in [0, 0.05) is 35.2 Å². The number of hydrogen-bond acceptors (Lipinski definition) is 4. The summed E-state index contributed by atoms with van der Waals surface area (Å²) in [5.74, 6) is 2.63. The Morgan fingerprint density at radius 2 is 1.95 bits per heavy atom. The quantitative estimate of drug-likeness (QED) is 0.736. The molecule has 0 aromatic heterocycles. The van der Waals surface area contributed by atoms with Gasteiger partial charge >= 0.3 is 0 Å². The van der Waals surface area contributed by atoms with Crippen LogP contribution >= 0.6 is 23.5 Å². The van der Waals surface area contributed by atoms with Crippen LogP contribution < -0.4 is 5.32 Å². The molecule has 0 saturated carbocycles. The van der Waals surface area contributed by atoms with E-state index in [2.05, 4.69) is 56.5 Å². The summed E-state index contributed by atoms with van der Waals surface area (Å²) < 4.78 is 5.57. The van der Waals surface area contributed by atoms with Crippen LogP contribution in [-0.4, -0.2) is 47.3 Å². The Morgan fingerprint density at radius 3 is 2.53 bits per heavy atom. The van der Waals surface area contributed by atoms with Gasteiger partial charge in [-0.2, -0.15) is 23.5 Å². The molecular weight excluding hydrogens is 274 g/mol. The predicted octanol–water partition coefficient (Wildman–Crippen LogP) is 3.80. The lowest BCUT2D eigenvalue weighted by Gasteiger charge is -2.37. The second-order valence-electron chi connectivity index (χ2n) is 5.82. The van der Waals surface area contributed by atoms with Crippen molar-refractivity contribution in [1.82, 2.24) is 5.32 Å². The van der Waals surface area contributed by atoms with Gasteiger partial charge in [0.15, 0.2) is 0 Å². The number of nitrogens with one attached hydrogen (secondary N) is 1. The Balaban J connectivity index is 2.59. The Hall–Kier alpha value is 0.620. The number of methoxy groups -OCH3 is 1. The highest BCUT2D eigenvalue weighted by Crippen LogP contribution is 2.36. The van der Waals surface area contributed by atoms with E-state index in [-0.39, 0.29) is 5.60 Å². The Morgan fingerprint density at radius 1 is 1.26 bits per heavy atom. The molecule has 19 heavy (non-hydrogen) atoms. The summed E-state index contributed by atoms with van der Waals surface area (Å²) in [4.78, 5) is 0. The number of hydrogen-bond donors (Lipinski definition) is 1. The molecule has 1 N–H and O–H groups in total. The van der Waals surface area contributed by atoms with Crippen molar-refractivity contribution in [3.05, 3.63) is 0 Å². The minimum atomic E-state index is 0.00184. The Kier molecular flexibility index (Phi) is 8.19. The summed E-state index contributed by atoms with van der Waals surface area (Å²) in [6, 6.07) is 0.627. The van der Waals surface area contributed by atoms with Gasteiger partial charge in [0.05, 0.1) is 5.60 Å². The van der Waals surface area contributed by atoms with Crippen LogP contribution in [0.1, 0.15) is 47.0 Å². The molecule has 3 unspecified atom stereocenters. The first-order valence-electron chi connectivity index (χ1n) is 7.55. The van der Waals surface area contributed by atoms with Crippen molar-refractivity contribution in [3.63, 3.8) is 0 Å². The van der Waals surface area contributed by atoms with Crippen molar-refractivity contribution >= 4 is 23.5 Å². The first-order chi connectivity index (χ1) is 9.04. The maximum absolute atomic E-state index is 5.57. The van der Waals surface area contributed by atoms with Gasteiger partial charge in [-0.15, -0.1) is 0 Å². The topological polar surface area (TPSA) is 21.3 Å². The van der Waals surface area contributed by atoms with Crippen molar-refractivity contribution in [2.45, 2.75) is 69.1 Å². The first kappa shape index (κ1) is 17.7. The van der Waals surface area contributed by atoms with Crippen LogP contribution in [0, 0.1) is 0 Å². The number of rotatable bonds is 8.